The quantitative estimate of drug-likeness (QED) is 0.769. The number of unbranched alkanes of at least 4 members (excludes halogenated alkanes) is 1. The summed E-state index contributed by atoms with van der Waals surface area (Å²) in [5, 5.41) is 2.77. The van der Waals surface area contributed by atoms with Crippen molar-refractivity contribution in [1.82, 2.24) is 19.8 Å². The average Bonchev–Trinajstić information content (AvgIpc) is 2.98. The van der Waals surface area contributed by atoms with E-state index in [9.17, 15) is 9.59 Å². The molecular weight excluding hydrogens is 296 g/mol. The first-order valence-corrected chi connectivity index (χ1v) is 8.22. The number of hydrogen-bond donors (Lipinski definition) is 1. The van der Waals surface area contributed by atoms with Gasteiger partial charge in [0.15, 0.2) is 0 Å². The second kappa shape index (κ2) is 8.10. The Morgan fingerprint density at radius 3 is 2.91 bits per heavy atom. The van der Waals surface area contributed by atoms with E-state index in [1.54, 1.807) is 13.3 Å². The van der Waals surface area contributed by atoms with Gasteiger partial charge in [-0.05, 0) is 13.3 Å². The molecule has 0 radical (unpaired) electrons. The highest BCUT2D eigenvalue weighted by Gasteiger charge is 2.30. The zero-order valence-corrected chi connectivity index (χ0v) is 14.2. The molecule has 7 nitrogen and oxygen atoms in total. The Kier molecular flexibility index (Phi) is 6.15. The molecule has 0 saturated carbocycles. The maximum atomic E-state index is 12.3. The number of rotatable bonds is 7. The van der Waals surface area contributed by atoms with Gasteiger partial charge in [0.25, 0.3) is 5.91 Å². The van der Waals surface area contributed by atoms with Gasteiger partial charge in [0.2, 0.25) is 5.91 Å². The first-order chi connectivity index (χ1) is 11.1. The summed E-state index contributed by atoms with van der Waals surface area (Å²) in [6.45, 7) is 6.31. The third-order valence-electron chi connectivity index (χ3n) is 4.12. The number of fused-ring (bicyclic) bond motifs is 1. The maximum absolute atomic E-state index is 12.3. The molecule has 0 aliphatic carbocycles. The summed E-state index contributed by atoms with van der Waals surface area (Å²) in [5.74, 6) is 0.734. The average molecular weight is 322 g/mol. The predicted octanol–water partition coefficient (Wildman–Crippen LogP) is 1.35. The summed E-state index contributed by atoms with van der Waals surface area (Å²) in [5.41, 5.74) is 0.394. The first-order valence-electron chi connectivity index (χ1n) is 8.22. The third kappa shape index (κ3) is 4.10. The molecule has 7 heteroatoms. The van der Waals surface area contributed by atoms with E-state index in [1.165, 1.54) is 0 Å². The van der Waals surface area contributed by atoms with Crippen LogP contribution in [0, 0.1) is 0 Å². The third-order valence-corrected chi connectivity index (χ3v) is 4.12. The van der Waals surface area contributed by atoms with Gasteiger partial charge in [0, 0.05) is 39.4 Å². The first kappa shape index (κ1) is 17.5. The number of methoxy groups -OCH3 is 1. The van der Waals surface area contributed by atoms with E-state index >= 15 is 0 Å². The lowest BCUT2D eigenvalue weighted by Gasteiger charge is -2.33. The number of nitrogens with one attached hydrogen (secondary N) is 1. The van der Waals surface area contributed by atoms with Gasteiger partial charge in [-0.3, -0.25) is 9.59 Å². The summed E-state index contributed by atoms with van der Waals surface area (Å²) < 4.78 is 6.89. The van der Waals surface area contributed by atoms with Crippen LogP contribution in [0.5, 0.6) is 0 Å². The molecule has 1 aliphatic rings. The van der Waals surface area contributed by atoms with Crippen LogP contribution in [0.1, 0.15) is 55.5 Å². The van der Waals surface area contributed by atoms with Crippen molar-refractivity contribution in [1.29, 1.82) is 0 Å². The number of aromatic nitrogens is 2. The van der Waals surface area contributed by atoms with Crippen LogP contribution in [-0.4, -0.2) is 53.1 Å². The molecule has 23 heavy (non-hydrogen) atoms. The Balaban J connectivity index is 2.05. The van der Waals surface area contributed by atoms with Crippen molar-refractivity contribution in [2.24, 2.45) is 0 Å². The normalized spacial score (nSPS) is 17.0. The van der Waals surface area contributed by atoms with Crippen LogP contribution in [0.2, 0.25) is 0 Å². The molecule has 1 atom stereocenters. The smallest absolute Gasteiger partial charge is 0.271 e. The second-order valence-corrected chi connectivity index (χ2v) is 5.79. The molecule has 0 aromatic carbocycles. The van der Waals surface area contributed by atoms with Crippen molar-refractivity contribution in [3.05, 3.63) is 17.7 Å². The summed E-state index contributed by atoms with van der Waals surface area (Å²) in [6.07, 6.45) is 4.26. The Morgan fingerprint density at radius 2 is 2.22 bits per heavy atom. The summed E-state index contributed by atoms with van der Waals surface area (Å²) in [7, 11) is 1.59. The molecule has 2 rings (SSSR count). The molecule has 0 spiro atoms. The van der Waals surface area contributed by atoms with Gasteiger partial charge < -0.3 is 19.5 Å². The largest absolute Gasteiger partial charge is 0.383 e. The van der Waals surface area contributed by atoms with E-state index in [-0.39, 0.29) is 17.9 Å². The molecule has 0 fully saturated rings. The van der Waals surface area contributed by atoms with E-state index < -0.39 is 0 Å². The standard InChI is InChI=1S/C16H26N4O3/c1-4-5-6-14(21)20-9-8-19-11-13(18-15(19)12(20)2)16(22)17-7-10-23-3/h11-12H,4-10H2,1-3H3,(H,17,22)/t12-/m0/s1. The van der Waals surface area contributed by atoms with Crippen LogP contribution < -0.4 is 5.32 Å². The monoisotopic (exact) mass is 322 g/mol. The minimum absolute atomic E-state index is 0.103. The molecule has 0 bridgehead atoms. The number of hydrogen-bond acceptors (Lipinski definition) is 4. The van der Waals surface area contributed by atoms with Crippen LogP contribution in [0.3, 0.4) is 0 Å². The number of amides is 2. The van der Waals surface area contributed by atoms with E-state index in [0.717, 1.165) is 18.7 Å². The van der Waals surface area contributed by atoms with Gasteiger partial charge in [-0.15, -0.1) is 0 Å². The van der Waals surface area contributed by atoms with E-state index in [4.69, 9.17) is 4.74 Å². The predicted molar refractivity (Wildman–Crippen MR) is 86.1 cm³/mol. The molecule has 0 saturated heterocycles. The topological polar surface area (TPSA) is 76.5 Å². The van der Waals surface area contributed by atoms with Gasteiger partial charge in [-0.1, -0.05) is 13.3 Å². The number of nitrogens with zero attached hydrogens (tertiary/aromatic N) is 3. The molecule has 1 aromatic rings. The van der Waals surface area contributed by atoms with E-state index in [2.05, 4.69) is 17.2 Å². The van der Waals surface area contributed by atoms with Crippen molar-refractivity contribution >= 4 is 11.8 Å². The molecule has 2 amide bonds. The van der Waals surface area contributed by atoms with Gasteiger partial charge in [-0.25, -0.2) is 4.98 Å². The van der Waals surface area contributed by atoms with E-state index in [1.807, 2.05) is 16.4 Å². The van der Waals surface area contributed by atoms with Crippen molar-refractivity contribution in [3.8, 4) is 0 Å². The SMILES string of the molecule is CCCCC(=O)N1CCn2cc(C(=O)NCCOC)nc2[C@@H]1C. The fourth-order valence-electron chi connectivity index (χ4n) is 2.77. The summed E-state index contributed by atoms with van der Waals surface area (Å²) >= 11 is 0. The van der Waals surface area contributed by atoms with Crippen LogP contribution in [-0.2, 0) is 16.1 Å². The lowest BCUT2D eigenvalue weighted by molar-refractivity contribution is -0.134. The molecule has 1 N–H and O–H groups in total. The fourth-order valence-corrected chi connectivity index (χ4v) is 2.77. The zero-order valence-electron chi connectivity index (χ0n) is 14.2. The minimum Gasteiger partial charge on any atom is -0.383 e. The van der Waals surface area contributed by atoms with Crippen molar-refractivity contribution in [3.63, 3.8) is 0 Å². The summed E-state index contributed by atoms with van der Waals surface area (Å²) in [6, 6.07) is -0.103. The highest BCUT2D eigenvalue weighted by atomic mass is 16.5. The summed E-state index contributed by atoms with van der Waals surface area (Å²) in [4.78, 5) is 30.7. The molecule has 2 heterocycles. The molecule has 128 valence electrons. The minimum atomic E-state index is -0.208. The highest BCUT2D eigenvalue weighted by molar-refractivity contribution is 5.92. The molecule has 0 unspecified atom stereocenters. The zero-order chi connectivity index (χ0) is 16.8. The Morgan fingerprint density at radius 1 is 1.43 bits per heavy atom. The van der Waals surface area contributed by atoms with Crippen molar-refractivity contribution < 1.29 is 14.3 Å². The van der Waals surface area contributed by atoms with Gasteiger partial charge in [0.05, 0.1) is 12.6 Å². The van der Waals surface area contributed by atoms with Crippen molar-refractivity contribution in [2.45, 2.75) is 45.7 Å². The molecule has 1 aromatic heterocycles. The number of imidazole rings is 1. The van der Waals surface area contributed by atoms with Crippen LogP contribution in [0.15, 0.2) is 6.20 Å². The molecule has 1 aliphatic heterocycles. The Hall–Kier alpha value is -1.89. The number of ether oxygens (including phenoxy) is 1. The van der Waals surface area contributed by atoms with Crippen LogP contribution in [0.4, 0.5) is 0 Å². The lowest BCUT2D eigenvalue weighted by Crippen LogP contribution is -2.41. The van der Waals surface area contributed by atoms with Crippen LogP contribution >= 0.6 is 0 Å². The lowest BCUT2D eigenvalue weighted by atomic mass is 10.1. The number of carbonyl (C=O) groups excluding carboxylic acids is 2. The van der Waals surface area contributed by atoms with Crippen molar-refractivity contribution in [2.75, 3.05) is 26.8 Å². The van der Waals surface area contributed by atoms with Crippen LogP contribution in [0.25, 0.3) is 0 Å². The number of carbonyl (C=O) groups is 2. The Bertz CT molecular complexity index is 556. The van der Waals surface area contributed by atoms with Gasteiger partial charge in [0.1, 0.15) is 11.5 Å². The van der Waals surface area contributed by atoms with E-state index in [0.29, 0.717) is 38.4 Å². The second-order valence-electron chi connectivity index (χ2n) is 5.79. The van der Waals surface area contributed by atoms with Gasteiger partial charge >= 0.3 is 0 Å². The fraction of sp³-hybridized carbons (Fsp3) is 0.688. The Labute approximate surface area is 137 Å². The highest BCUT2D eigenvalue weighted by Crippen LogP contribution is 2.25. The molecular formula is C16H26N4O3. The van der Waals surface area contributed by atoms with Gasteiger partial charge in [-0.2, -0.15) is 0 Å². The maximum Gasteiger partial charge on any atom is 0.271 e.